The third-order valence-corrected chi connectivity index (χ3v) is 4.55. The van der Waals surface area contributed by atoms with Gasteiger partial charge in [0.15, 0.2) is 5.78 Å². The molecule has 0 radical (unpaired) electrons. The molecule has 3 rings (SSSR count). The van der Waals surface area contributed by atoms with Crippen LogP contribution < -0.4 is 0 Å². The highest BCUT2D eigenvalue weighted by Gasteiger charge is 2.65. The number of ketones is 1. The van der Waals surface area contributed by atoms with Gasteiger partial charge in [-0.05, 0) is 42.1 Å². The molecule has 3 aliphatic carbocycles. The molecular formula is C12H16O. The minimum atomic E-state index is 0.366. The Kier molecular flexibility index (Phi) is 1.24. The lowest BCUT2D eigenvalue weighted by Crippen LogP contribution is -2.16. The third kappa shape index (κ3) is 0.853. The molecule has 13 heavy (non-hydrogen) atoms. The summed E-state index contributed by atoms with van der Waals surface area (Å²) < 4.78 is 0. The highest BCUT2D eigenvalue weighted by molar-refractivity contribution is 5.91. The molecule has 3 aliphatic rings. The van der Waals surface area contributed by atoms with Gasteiger partial charge < -0.3 is 0 Å². The van der Waals surface area contributed by atoms with Crippen LogP contribution in [0, 0.1) is 23.2 Å². The molecule has 0 spiro atoms. The van der Waals surface area contributed by atoms with Crippen LogP contribution in [0.3, 0.4) is 0 Å². The molecule has 0 saturated heterocycles. The van der Waals surface area contributed by atoms with E-state index in [2.05, 4.69) is 13.8 Å². The maximum absolute atomic E-state index is 11.2. The zero-order valence-corrected chi connectivity index (χ0v) is 8.34. The van der Waals surface area contributed by atoms with Crippen LogP contribution in [0.15, 0.2) is 11.6 Å². The van der Waals surface area contributed by atoms with E-state index in [0.717, 1.165) is 30.6 Å². The molecule has 0 N–H and O–H groups in total. The smallest absolute Gasteiger partial charge is 0.155 e. The SMILES string of the molecule is CC1(C)[C@@H]2CC3=CC(=O)CCC3[C@@H]21. The lowest BCUT2D eigenvalue weighted by atomic mass is 9.81. The van der Waals surface area contributed by atoms with Crippen LogP contribution in [0.5, 0.6) is 0 Å². The molecule has 0 bridgehead atoms. The number of rotatable bonds is 0. The molecule has 0 aromatic heterocycles. The first-order valence-corrected chi connectivity index (χ1v) is 5.34. The Labute approximate surface area is 79.2 Å². The molecule has 0 amide bonds. The Morgan fingerprint density at radius 1 is 1.46 bits per heavy atom. The van der Waals surface area contributed by atoms with Crippen molar-refractivity contribution in [2.24, 2.45) is 23.2 Å². The number of allylic oxidation sites excluding steroid dienone is 2. The molecule has 1 nitrogen and oxygen atoms in total. The molecule has 0 heterocycles. The van der Waals surface area contributed by atoms with Gasteiger partial charge in [0, 0.05) is 6.42 Å². The van der Waals surface area contributed by atoms with Crippen LogP contribution in [0.2, 0.25) is 0 Å². The number of hydrogen-bond donors (Lipinski definition) is 0. The van der Waals surface area contributed by atoms with E-state index in [9.17, 15) is 4.79 Å². The normalized spacial score (nSPS) is 45.2. The van der Waals surface area contributed by atoms with Crippen molar-refractivity contribution in [3.63, 3.8) is 0 Å². The van der Waals surface area contributed by atoms with Gasteiger partial charge in [-0.2, -0.15) is 0 Å². The van der Waals surface area contributed by atoms with Gasteiger partial charge in [0.25, 0.3) is 0 Å². The van der Waals surface area contributed by atoms with Crippen molar-refractivity contribution >= 4 is 5.78 Å². The molecular weight excluding hydrogens is 160 g/mol. The molecule has 0 aromatic rings. The predicted molar refractivity (Wildman–Crippen MR) is 51.2 cm³/mol. The summed E-state index contributed by atoms with van der Waals surface area (Å²) in [4.78, 5) is 11.2. The minimum absolute atomic E-state index is 0.366. The average molecular weight is 176 g/mol. The second-order valence-electron chi connectivity index (χ2n) is 5.49. The highest BCUT2D eigenvalue weighted by Crippen LogP contribution is 2.71. The zero-order chi connectivity index (χ0) is 9.22. The number of hydrogen-bond acceptors (Lipinski definition) is 1. The molecule has 1 unspecified atom stereocenters. The maximum Gasteiger partial charge on any atom is 0.155 e. The Balaban J connectivity index is 1.92. The second kappa shape index (κ2) is 2.08. The summed E-state index contributed by atoms with van der Waals surface area (Å²) in [5.74, 6) is 2.95. The van der Waals surface area contributed by atoms with E-state index in [0.29, 0.717) is 11.2 Å². The average Bonchev–Trinajstić information content (AvgIpc) is 2.45. The minimum Gasteiger partial charge on any atom is -0.295 e. The summed E-state index contributed by atoms with van der Waals surface area (Å²) in [6.07, 6.45) is 5.09. The monoisotopic (exact) mass is 176 g/mol. The van der Waals surface area contributed by atoms with Gasteiger partial charge in [0.05, 0.1) is 0 Å². The van der Waals surface area contributed by atoms with Crippen LogP contribution in [-0.2, 0) is 4.79 Å². The Morgan fingerprint density at radius 2 is 2.23 bits per heavy atom. The lowest BCUT2D eigenvalue weighted by Gasteiger charge is -2.23. The molecule has 3 atom stereocenters. The summed E-state index contributed by atoms with van der Waals surface area (Å²) in [5.41, 5.74) is 2.06. The van der Waals surface area contributed by atoms with Gasteiger partial charge in [0.2, 0.25) is 0 Å². The Hall–Kier alpha value is -0.590. The topological polar surface area (TPSA) is 17.1 Å². The van der Waals surface area contributed by atoms with E-state index >= 15 is 0 Å². The van der Waals surface area contributed by atoms with Gasteiger partial charge in [-0.1, -0.05) is 19.4 Å². The van der Waals surface area contributed by atoms with Crippen LogP contribution in [-0.4, -0.2) is 5.78 Å². The number of fused-ring (bicyclic) bond motifs is 3. The second-order valence-corrected chi connectivity index (χ2v) is 5.49. The van der Waals surface area contributed by atoms with Crippen molar-refractivity contribution in [1.82, 2.24) is 0 Å². The molecule has 1 heteroatoms. The first-order chi connectivity index (χ1) is 6.10. The van der Waals surface area contributed by atoms with Gasteiger partial charge in [-0.15, -0.1) is 0 Å². The fourth-order valence-corrected chi connectivity index (χ4v) is 3.72. The largest absolute Gasteiger partial charge is 0.295 e. The van der Waals surface area contributed by atoms with Crippen molar-refractivity contribution in [2.75, 3.05) is 0 Å². The summed E-state index contributed by atoms with van der Waals surface area (Å²) in [6.45, 7) is 4.77. The van der Waals surface area contributed by atoms with Gasteiger partial charge in [0.1, 0.15) is 0 Å². The summed E-state index contributed by atoms with van der Waals surface area (Å²) in [5, 5.41) is 0. The first-order valence-electron chi connectivity index (χ1n) is 5.34. The number of carbonyl (C=O) groups is 1. The van der Waals surface area contributed by atoms with Crippen molar-refractivity contribution < 1.29 is 4.79 Å². The Bertz CT molecular complexity index is 311. The first kappa shape index (κ1) is 7.78. The van der Waals surface area contributed by atoms with Crippen LogP contribution in [0.4, 0.5) is 0 Å². The highest BCUT2D eigenvalue weighted by atomic mass is 16.1. The summed E-state index contributed by atoms with van der Waals surface area (Å²) in [7, 11) is 0. The maximum atomic E-state index is 11.2. The van der Waals surface area contributed by atoms with Crippen molar-refractivity contribution in [3.8, 4) is 0 Å². The van der Waals surface area contributed by atoms with E-state index in [4.69, 9.17) is 0 Å². The lowest BCUT2D eigenvalue weighted by molar-refractivity contribution is -0.115. The quantitative estimate of drug-likeness (QED) is 0.554. The molecule has 2 fully saturated rings. The molecule has 0 aromatic carbocycles. The van der Waals surface area contributed by atoms with Crippen molar-refractivity contribution in [2.45, 2.75) is 33.1 Å². The van der Waals surface area contributed by atoms with E-state index in [-0.39, 0.29) is 0 Å². The molecule has 0 aliphatic heterocycles. The zero-order valence-electron chi connectivity index (χ0n) is 8.34. The van der Waals surface area contributed by atoms with E-state index < -0.39 is 0 Å². The van der Waals surface area contributed by atoms with Gasteiger partial charge in [-0.3, -0.25) is 4.79 Å². The predicted octanol–water partition coefficient (Wildman–Crippen LogP) is 2.57. The summed E-state index contributed by atoms with van der Waals surface area (Å²) in [6, 6.07) is 0. The van der Waals surface area contributed by atoms with Crippen molar-refractivity contribution in [3.05, 3.63) is 11.6 Å². The fourth-order valence-electron chi connectivity index (χ4n) is 3.72. The standard InChI is InChI=1S/C12H16O/c1-12(2)10-6-7-5-8(13)3-4-9(7)11(10)12/h5,9-11H,3-4,6H2,1-2H3/t9?,10-,11+/m1/s1. The van der Waals surface area contributed by atoms with E-state index in [1.54, 1.807) is 0 Å². The number of carbonyl (C=O) groups excluding carboxylic acids is 1. The third-order valence-electron chi connectivity index (χ3n) is 4.55. The van der Waals surface area contributed by atoms with E-state index in [1.807, 2.05) is 6.08 Å². The van der Waals surface area contributed by atoms with Gasteiger partial charge >= 0.3 is 0 Å². The van der Waals surface area contributed by atoms with E-state index in [1.165, 1.54) is 12.0 Å². The Morgan fingerprint density at radius 3 is 3.00 bits per heavy atom. The molecule has 70 valence electrons. The van der Waals surface area contributed by atoms with Crippen LogP contribution >= 0.6 is 0 Å². The fraction of sp³-hybridized carbons (Fsp3) is 0.750. The van der Waals surface area contributed by atoms with Crippen LogP contribution in [0.1, 0.15) is 33.1 Å². The van der Waals surface area contributed by atoms with Gasteiger partial charge in [-0.25, -0.2) is 0 Å². The van der Waals surface area contributed by atoms with Crippen molar-refractivity contribution in [1.29, 1.82) is 0 Å². The molecule has 2 saturated carbocycles. The van der Waals surface area contributed by atoms with Crippen LogP contribution in [0.25, 0.3) is 0 Å². The summed E-state index contributed by atoms with van der Waals surface area (Å²) >= 11 is 0.